The van der Waals surface area contributed by atoms with Gasteiger partial charge in [0, 0.05) is 0 Å². The van der Waals surface area contributed by atoms with Crippen LogP contribution in [0.25, 0.3) is 0 Å². The molecular weight excluding hydrogens is 264 g/mol. The molecule has 0 N–H and O–H groups in total. The van der Waals surface area contributed by atoms with Crippen LogP contribution in [0.1, 0.15) is 89.0 Å². The highest BCUT2D eigenvalue weighted by molar-refractivity contribution is 5.44. The molecular formula is C22H46. The molecule has 1 aliphatic rings. The lowest BCUT2D eigenvalue weighted by Crippen LogP contribution is -1.99. The van der Waals surface area contributed by atoms with Gasteiger partial charge in [-0.3, -0.25) is 0 Å². The molecule has 0 saturated heterocycles. The van der Waals surface area contributed by atoms with Crippen molar-refractivity contribution in [2.45, 2.75) is 89.0 Å². The first kappa shape index (κ1) is 32.8. The van der Waals surface area contributed by atoms with Crippen LogP contribution < -0.4 is 0 Å². The molecule has 0 heterocycles. The second kappa shape index (κ2) is 32.1. The van der Waals surface area contributed by atoms with E-state index in [9.17, 15) is 0 Å². The molecule has 0 nitrogen and oxygen atoms in total. The summed E-state index contributed by atoms with van der Waals surface area (Å²) in [6.45, 7) is 32.8. The van der Waals surface area contributed by atoms with Crippen LogP contribution >= 0.6 is 0 Å². The van der Waals surface area contributed by atoms with Crippen LogP contribution in [0.3, 0.4) is 0 Å². The van der Waals surface area contributed by atoms with Crippen molar-refractivity contribution in [1.82, 2.24) is 0 Å². The fraction of sp³-hybridized carbons (Fsp3) is 0.636. The maximum absolute atomic E-state index is 4.05. The Labute approximate surface area is 144 Å². The Morgan fingerprint density at radius 1 is 0.909 bits per heavy atom. The van der Waals surface area contributed by atoms with Crippen molar-refractivity contribution in [3.63, 3.8) is 0 Å². The summed E-state index contributed by atoms with van der Waals surface area (Å²) in [5.41, 5.74) is 4.19. The van der Waals surface area contributed by atoms with Gasteiger partial charge in [-0.05, 0) is 36.8 Å². The predicted molar refractivity (Wildman–Crippen MR) is 112 cm³/mol. The summed E-state index contributed by atoms with van der Waals surface area (Å²) in [6.07, 6.45) is 6.63. The molecule has 22 heavy (non-hydrogen) atoms. The van der Waals surface area contributed by atoms with Crippen LogP contribution in [0.4, 0.5) is 0 Å². The van der Waals surface area contributed by atoms with Crippen molar-refractivity contribution in [2.75, 3.05) is 0 Å². The summed E-state index contributed by atoms with van der Waals surface area (Å²) in [4.78, 5) is 0. The quantitative estimate of drug-likeness (QED) is 0.447. The Morgan fingerprint density at radius 2 is 1.27 bits per heavy atom. The van der Waals surface area contributed by atoms with Crippen LogP contribution in [-0.4, -0.2) is 0 Å². The molecule has 1 aliphatic carbocycles. The van der Waals surface area contributed by atoms with Crippen LogP contribution in [0.2, 0.25) is 0 Å². The maximum atomic E-state index is 4.05. The van der Waals surface area contributed by atoms with Crippen molar-refractivity contribution in [3.8, 4) is 0 Å². The highest BCUT2D eigenvalue weighted by atomic mass is 14.1. The van der Waals surface area contributed by atoms with Gasteiger partial charge >= 0.3 is 0 Å². The summed E-state index contributed by atoms with van der Waals surface area (Å²) >= 11 is 0. The Kier molecular flexibility index (Phi) is 47.8. The van der Waals surface area contributed by atoms with E-state index in [-0.39, 0.29) is 0 Å². The lowest BCUT2D eigenvalue weighted by atomic mass is 9.88. The SMILES string of the molecule is C=C.C=C1C=CCC(C)=C1CC(C)C.CC.CC.CC.CC. The Balaban J connectivity index is -0.0000000822. The highest BCUT2D eigenvalue weighted by Gasteiger charge is 2.09. The van der Waals surface area contributed by atoms with Gasteiger partial charge in [0.05, 0.1) is 0 Å². The van der Waals surface area contributed by atoms with Crippen LogP contribution in [0, 0.1) is 5.92 Å². The van der Waals surface area contributed by atoms with Crippen molar-refractivity contribution < 1.29 is 0 Å². The third-order valence-corrected chi connectivity index (χ3v) is 2.26. The van der Waals surface area contributed by atoms with E-state index < -0.39 is 0 Å². The van der Waals surface area contributed by atoms with Gasteiger partial charge < -0.3 is 0 Å². The lowest BCUT2D eigenvalue weighted by molar-refractivity contribution is 0.641. The molecule has 0 fully saturated rings. The molecule has 0 amide bonds. The fourth-order valence-corrected chi connectivity index (χ4v) is 1.59. The summed E-state index contributed by atoms with van der Waals surface area (Å²) in [5.74, 6) is 0.734. The zero-order valence-electron chi connectivity index (χ0n) is 17.8. The van der Waals surface area contributed by atoms with Crippen molar-refractivity contribution in [3.05, 3.63) is 48.6 Å². The average molecular weight is 311 g/mol. The standard InChI is InChI=1S/C12H18.4C2H6.C2H4/c1-9(2)8-12-10(3)6-5-7-11(12)4;5*1-2/h5-6,9H,3,7-8H2,1-2,4H3;4*1-2H3;1-2H2. The van der Waals surface area contributed by atoms with Gasteiger partial charge in [0.1, 0.15) is 0 Å². The lowest BCUT2D eigenvalue weighted by Gasteiger charge is -2.17. The van der Waals surface area contributed by atoms with Gasteiger partial charge in [-0.15, -0.1) is 13.2 Å². The minimum absolute atomic E-state index is 0.734. The van der Waals surface area contributed by atoms with Crippen LogP contribution in [0.15, 0.2) is 48.6 Å². The number of hydrogen-bond donors (Lipinski definition) is 0. The number of rotatable bonds is 2. The van der Waals surface area contributed by atoms with E-state index in [0.29, 0.717) is 0 Å². The molecule has 134 valence electrons. The summed E-state index contributed by atoms with van der Waals surface area (Å²) in [6, 6.07) is 0. The summed E-state index contributed by atoms with van der Waals surface area (Å²) in [7, 11) is 0. The van der Waals surface area contributed by atoms with Crippen molar-refractivity contribution in [2.24, 2.45) is 5.92 Å². The molecule has 0 saturated carbocycles. The zero-order chi connectivity index (χ0) is 19.1. The van der Waals surface area contributed by atoms with Crippen LogP contribution in [-0.2, 0) is 0 Å². The van der Waals surface area contributed by atoms with Gasteiger partial charge in [-0.1, -0.05) is 93.5 Å². The first-order valence-electron chi connectivity index (χ1n) is 9.15. The minimum Gasteiger partial charge on any atom is -0.106 e. The average Bonchev–Trinajstić information content (AvgIpc) is 2.60. The molecule has 0 spiro atoms. The molecule has 0 aromatic carbocycles. The van der Waals surface area contributed by atoms with E-state index in [1.807, 2.05) is 55.4 Å². The largest absolute Gasteiger partial charge is 0.106 e. The Bertz CT molecular complexity index is 251. The van der Waals surface area contributed by atoms with Crippen molar-refractivity contribution >= 4 is 0 Å². The first-order valence-corrected chi connectivity index (χ1v) is 9.15. The molecule has 0 aliphatic heterocycles. The Morgan fingerprint density at radius 3 is 1.55 bits per heavy atom. The molecule has 0 unspecified atom stereocenters. The van der Waals surface area contributed by atoms with Gasteiger partial charge in [0.15, 0.2) is 0 Å². The molecule has 1 rings (SSSR count). The molecule has 0 bridgehead atoms. The predicted octanol–water partition coefficient (Wildman–Crippen LogP) is 8.77. The van der Waals surface area contributed by atoms with E-state index in [4.69, 9.17) is 0 Å². The van der Waals surface area contributed by atoms with Gasteiger partial charge in [-0.2, -0.15) is 0 Å². The topological polar surface area (TPSA) is 0 Å². The fourth-order valence-electron chi connectivity index (χ4n) is 1.59. The minimum atomic E-state index is 0.734. The number of allylic oxidation sites excluding steroid dienone is 5. The molecule has 0 radical (unpaired) electrons. The van der Waals surface area contributed by atoms with E-state index in [1.165, 1.54) is 23.1 Å². The second-order valence-electron chi connectivity index (χ2n) is 3.99. The second-order valence-corrected chi connectivity index (χ2v) is 3.99. The summed E-state index contributed by atoms with van der Waals surface area (Å²) < 4.78 is 0. The first-order chi connectivity index (χ1) is 10.6. The normalized spacial score (nSPS) is 11.0. The van der Waals surface area contributed by atoms with E-state index in [1.54, 1.807) is 0 Å². The number of hydrogen-bond acceptors (Lipinski definition) is 0. The van der Waals surface area contributed by atoms with E-state index in [2.05, 4.69) is 52.7 Å². The maximum Gasteiger partial charge on any atom is -0.0132 e. The molecule has 0 heteroatoms. The molecule has 0 aromatic heterocycles. The smallest absolute Gasteiger partial charge is 0.0132 e. The van der Waals surface area contributed by atoms with E-state index >= 15 is 0 Å². The van der Waals surface area contributed by atoms with E-state index in [0.717, 1.165) is 12.3 Å². The van der Waals surface area contributed by atoms with Gasteiger partial charge in [0.25, 0.3) is 0 Å². The van der Waals surface area contributed by atoms with Gasteiger partial charge in [0.2, 0.25) is 0 Å². The zero-order valence-corrected chi connectivity index (χ0v) is 17.8. The van der Waals surface area contributed by atoms with Gasteiger partial charge in [-0.25, -0.2) is 0 Å². The molecule has 0 aromatic rings. The molecule has 0 atom stereocenters. The highest BCUT2D eigenvalue weighted by Crippen LogP contribution is 2.27. The monoisotopic (exact) mass is 310 g/mol. The van der Waals surface area contributed by atoms with Crippen LogP contribution in [0.5, 0.6) is 0 Å². The van der Waals surface area contributed by atoms with Crippen molar-refractivity contribution in [1.29, 1.82) is 0 Å². The third kappa shape index (κ3) is 21.3. The Hall–Kier alpha value is -1.04. The third-order valence-electron chi connectivity index (χ3n) is 2.26. The summed E-state index contributed by atoms with van der Waals surface area (Å²) in [5, 5.41) is 0.